The highest BCUT2D eigenvalue weighted by atomic mass is 16.3. The first kappa shape index (κ1) is 17.8. The molecule has 5 aromatic carbocycles. The summed E-state index contributed by atoms with van der Waals surface area (Å²) in [5, 5.41) is 5.89. The van der Waals surface area contributed by atoms with Crippen molar-refractivity contribution in [3.63, 3.8) is 0 Å². The molecule has 0 atom stereocenters. The van der Waals surface area contributed by atoms with Gasteiger partial charge in [0.25, 0.3) is 0 Å². The predicted molar refractivity (Wildman–Crippen MR) is 143 cm³/mol. The van der Waals surface area contributed by atoms with Crippen LogP contribution in [0.1, 0.15) is 11.1 Å². The molecule has 1 aliphatic rings. The summed E-state index contributed by atoms with van der Waals surface area (Å²) < 4.78 is 8.64. The fourth-order valence-corrected chi connectivity index (χ4v) is 6.28. The SMILES string of the molecule is c1ccc2c(c1)Cc1cc3c(cc1-2)c1ccc2oc4ccccc4c2c1c1nc2ccccc2n31. The number of benzene rings is 5. The molecule has 0 aliphatic heterocycles. The van der Waals surface area contributed by atoms with Crippen LogP contribution >= 0.6 is 0 Å². The molecule has 3 nitrogen and oxygen atoms in total. The lowest BCUT2D eigenvalue weighted by Gasteiger charge is -2.12. The van der Waals surface area contributed by atoms with Crippen LogP contribution in [0.5, 0.6) is 0 Å². The first-order valence-corrected chi connectivity index (χ1v) is 12.0. The maximum atomic E-state index is 6.28. The summed E-state index contributed by atoms with van der Waals surface area (Å²) in [5.41, 5.74) is 11.6. The molecule has 162 valence electrons. The van der Waals surface area contributed by atoms with Crippen molar-refractivity contribution in [2.24, 2.45) is 0 Å². The predicted octanol–water partition coefficient (Wildman–Crippen LogP) is 8.26. The van der Waals surface area contributed by atoms with E-state index in [1.54, 1.807) is 0 Å². The number of aromatic nitrogens is 2. The van der Waals surface area contributed by atoms with Gasteiger partial charge in [-0.3, -0.25) is 4.40 Å². The van der Waals surface area contributed by atoms with Gasteiger partial charge in [-0.25, -0.2) is 4.98 Å². The van der Waals surface area contributed by atoms with Gasteiger partial charge in [0.15, 0.2) is 0 Å². The lowest BCUT2D eigenvalue weighted by atomic mass is 9.97. The van der Waals surface area contributed by atoms with E-state index in [2.05, 4.69) is 89.3 Å². The molecule has 9 rings (SSSR count). The number of furan rings is 1. The van der Waals surface area contributed by atoms with E-state index in [-0.39, 0.29) is 0 Å². The van der Waals surface area contributed by atoms with Crippen molar-refractivity contribution in [3.8, 4) is 11.1 Å². The Morgan fingerprint density at radius 1 is 0.600 bits per heavy atom. The molecule has 0 amide bonds. The van der Waals surface area contributed by atoms with Crippen LogP contribution in [0.15, 0.2) is 101 Å². The number of pyridine rings is 1. The van der Waals surface area contributed by atoms with Crippen LogP contribution < -0.4 is 0 Å². The second kappa shape index (κ2) is 6.08. The zero-order valence-corrected chi connectivity index (χ0v) is 18.7. The lowest BCUT2D eigenvalue weighted by Crippen LogP contribution is -1.94. The number of hydrogen-bond acceptors (Lipinski definition) is 2. The minimum Gasteiger partial charge on any atom is -0.456 e. The van der Waals surface area contributed by atoms with Crippen molar-refractivity contribution >= 4 is 60.3 Å². The van der Waals surface area contributed by atoms with E-state index in [1.807, 2.05) is 12.1 Å². The van der Waals surface area contributed by atoms with Crippen LogP contribution in [0.4, 0.5) is 0 Å². The maximum Gasteiger partial charge on any atom is 0.147 e. The van der Waals surface area contributed by atoms with Gasteiger partial charge >= 0.3 is 0 Å². The highest BCUT2D eigenvalue weighted by Gasteiger charge is 2.23. The molecule has 0 saturated heterocycles. The second-order valence-electron chi connectivity index (χ2n) is 9.58. The maximum absolute atomic E-state index is 6.28. The van der Waals surface area contributed by atoms with Gasteiger partial charge in [0, 0.05) is 21.5 Å². The van der Waals surface area contributed by atoms with Crippen molar-refractivity contribution in [2.75, 3.05) is 0 Å². The van der Waals surface area contributed by atoms with Crippen molar-refractivity contribution in [1.29, 1.82) is 0 Å². The molecule has 1 aliphatic carbocycles. The smallest absolute Gasteiger partial charge is 0.147 e. The molecule has 8 aromatic rings. The Morgan fingerprint density at radius 2 is 1.46 bits per heavy atom. The van der Waals surface area contributed by atoms with Crippen LogP contribution in [-0.4, -0.2) is 9.38 Å². The van der Waals surface area contributed by atoms with Crippen molar-refractivity contribution in [3.05, 3.63) is 108 Å². The number of imidazole rings is 1. The highest BCUT2D eigenvalue weighted by Crippen LogP contribution is 2.44. The van der Waals surface area contributed by atoms with Crippen molar-refractivity contribution < 1.29 is 4.42 Å². The summed E-state index contributed by atoms with van der Waals surface area (Å²) >= 11 is 0. The molecule has 3 heteroatoms. The molecule has 0 saturated carbocycles. The van der Waals surface area contributed by atoms with Crippen LogP contribution in [0.25, 0.3) is 71.4 Å². The van der Waals surface area contributed by atoms with Gasteiger partial charge in [0.1, 0.15) is 16.8 Å². The van der Waals surface area contributed by atoms with Gasteiger partial charge < -0.3 is 4.42 Å². The molecule has 3 aromatic heterocycles. The van der Waals surface area contributed by atoms with E-state index >= 15 is 0 Å². The normalized spacial score (nSPS) is 13.0. The molecule has 0 bridgehead atoms. The summed E-state index contributed by atoms with van der Waals surface area (Å²) in [6.45, 7) is 0. The summed E-state index contributed by atoms with van der Waals surface area (Å²) in [6.07, 6.45) is 0.971. The number of fused-ring (bicyclic) bond motifs is 15. The monoisotopic (exact) mass is 446 g/mol. The average Bonchev–Trinajstić information content (AvgIpc) is 3.58. The Hall–Kier alpha value is -4.63. The Kier molecular flexibility index (Phi) is 3.09. The molecule has 3 heterocycles. The summed E-state index contributed by atoms with van der Waals surface area (Å²) in [7, 11) is 0. The minimum absolute atomic E-state index is 0.901. The molecular weight excluding hydrogens is 428 g/mol. The van der Waals surface area contributed by atoms with Gasteiger partial charge in [-0.1, -0.05) is 54.6 Å². The topological polar surface area (TPSA) is 30.4 Å². The van der Waals surface area contributed by atoms with Crippen molar-refractivity contribution in [2.45, 2.75) is 6.42 Å². The van der Waals surface area contributed by atoms with Gasteiger partial charge in [-0.15, -0.1) is 0 Å². The zero-order chi connectivity index (χ0) is 22.7. The second-order valence-corrected chi connectivity index (χ2v) is 9.58. The van der Waals surface area contributed by atoms with E-state index < -0.39 is 0 Å². The molecule has 0 N–H and O–H groups in total. The minimum atomic E-state index is 0.901. The first-order valence-electron chi connectivity index (χ1n) is 12.0. The molecule has 0 spiro atoms. The summed E-state index contributed by atoms with van der Waals surface area (Å²) in [6, 6.07) is 34.7. The standard InChI is InChI=1S/C32H18N2O/c1-2-8-20-18(7-1)15-19-16-27-24(17-23(19)20)21-13-14-29-30(22-9-3-6-12-28(22)35-29)31(21)32-33-25-10-4-5-11-26(25)34(27)32/h1-14,16-17H,15H2. The third-order valence-electron chi connectivity index (χ3n) is 7.77. The van der Waals surface area contributed by atoms with E-state index in [1.165, 1.54) is 38.5 Å². The van der Waals surface area contributed by atoms with Crippen molar-refractivity contribution in [1.82, 2.24) is 9.38 Å². The lowest BCUT2D eigenvalue weighted by molar-refractivity contribution is 0.669. The Morgan fingerprint density at radius 3 is 2.46 bits per heavy atom. The van der Waals surface area contributed by atoms with E-state index in [0.717, 1.165) is 50.4 Å². The van der Waals surface area contributed by atoms with Crippen LogP contribution in [0.2, 0.25) is 0 Å². The quantitative estimate of drug-likeness (QED) is 0.219. The van der Waals surface area contributed by atoms with E-state index in [0.29, 0.717) is 0 Å². The van der Waals surface area contributed by atoms with Gasteiger partial charge in [0.05, 0.1) is 16.6 Å². The fourth-order valence-electron chi connectivity index (χ4n) is 6.28. The van der Waals surface area contributed by atoms with E-state index in [4.69, 9.17) is 9.40 Å². The molecular formula is C32H18N2O. The average molecular weight is 447 g/mol. The number of rotatable bonds is 0. The van der Waals surface area contributed by atoms with Crippen LogP contribution in [0, 0.1) is 0 Å². The molecule has 0 unspecified atom stereocenters. The Bertz CT molecular complexity index is 2200. The summed E-state index contributed by atoms with van der Waals surface area (Å²) in [4.78, 5) is 5.18. The van der Waals surface area contributed by atoms with E-state index in [9.17, 15) is 0 Å². The number of hydrogen-bond donors (Lipinski definition) is 0. The number of para-hydroxylation sites is 3. The van der Waals surface area contributed by atoms with Crippen LogP contribution in [-0.2, 0) is 6.42 Å². The van der Waals surface area contributed by atoms with Gasteiger partial charge in [0.2, 0.25) is 0 Å². The Labute approximate surface area is 199 Å². The molecule has 35 heavy (non-hydrogen) atoms. The summed E-state index contributed by atoms with van der Waals surface area (Å²) in [5.74, 6) is 0. The molecule has 0 radical (unpaired) electrons. The highest BCUT2D eigenvalue weighted by molar-refractivity contribution is 6.28. The third kappa shape index (κ3) is 2.14. The Balaban J connectivity index is 1.59. The van der Waals surface area contributed by atoms with Gasteiger partial charge in [-0.2, -0.15) is 0 Å². The first-order chi connectivity index (χ1) is 17.3. The third-order valence-corrected chi connectivity index (χ3v) is 7.77. The van der Waals surface area contributed by atoms with Gasteiger partial charge in [-0.05, 0) is 76.5 Å². The number of nitrogens with zero attached hydrogens (tertiary/aromatic N) is 2. The molecule has 0 fully saturated rings. The largest absolute Gasteiger partial charge is 0.456 e. The van der Waals surface area contributed by atoms with Crippen LogP contribution in [0.3, 0.4) is 0 Å². The fraction of sp³-hybridized carbons (Fsp3) is 0.0312. The zero-order valence-electron chi connectivity index (χ0n) is 18.7.